The van der Waals surface area contributed by atoms with Crippen LogP contribution in [0.15, 0.2) is 43.0 Å². The fourth-order valence-corrected chi connectivity index (χ4v) is 1.56. The number of halogens is 1. The smallest absolute Gasteiger partial charge is 0.331 e. The van der Waals surface area contributed by atoms with Gasteiger partial charge < -0.3 is 10.1 Å². The normalized spacial score (nSPS) is 10.0. The maximum atomic E-state index is 12.6. The molecule has 0 unspecified atom stereocenters. The second kappa shape index (κ2) is 6.60. The summed E-state index contributed by atoms with van der Waals surface area (Å²) in [4.78, 5) is 29.2. The van der Waals surface area contributed by atoms with Crippen molar-refractivity contribution in [1.82, 2.24) is 9.97 Å². The van der Waals surface area contributed by atoms with E-state index in [-0.39, 0.29) is 23.1 Å². The first-order valence-corrected chi connectivity index (χ1v) is 6.27. The highest BCUT2D eigenvalue weighted by molar-refractivity contribution is 6.01. The molecular weight excluding hydrogens is 307 g/mol. The number of pyridine rings is 2. The first-order chi connectivity index (χ1) is 10.9. The zero-order valence-corrected chi connectivity index (χ0v) is 11.9. The van der Waals surface area contributed by atoms with Crippen LogP contribution >= 0.6 is 0 Å². The average Bonchev–Trinajstić information content (AvgIpc) is 2.50. The van der Waals surface area contributed by atoms with Crippen LogP contribution in [0.2, 0.25) is 0 Å². The van der Waals surface area contributed by atoms with Gasteiger partial charge in [-0.1, -0.05) is 6.58 Å². The Labute approximate surface area is 129 Å². The zero-order valence-electron chi connectivity index (χ0n) is 11.9. The molecule has 1 N–H and O–H groups in total. The average molecular weight is 318 g/mol. The van der Waals surface area contributed by atoms with E-state index in [2.05, 4.69) is 21.9 Å². The summed E-state index contributed by atoms with van der Waals surface area (Å²) in [6.45, 7) is 4.53. The molecular formula is C14H11FN4O4. The van der Waals surface area contributed by atoms with Crippen molar-refractivity contribution in [3.05, 3.63) is 58.7 Å². The maximum absolute atomic E-state index is 12.6. The van der Waals surface area contributed by atoms with E-state index in [0.717, 1.165) is 0 Å². The monoisotopic (exact) mass is 318 g/mol. The summed E-state index contributed by atoms with van der Waals surface area (Å²) in [6, 6.07) is 4.06. The number of hydrogen-bond acceptors (Lipinski definition) is 6. The fourth-order valence-electron chi connectivity index (χ4n) is 1.56. The second-order valence-corrected chi connectivity index (χ2v) is 4.44. The van der Waals surface area contributed by atoms with E-state index in [1.165, 1.54) is 30.6 Å². The lowest BCUT2D eigenvalue weighted by Crippen LogP contribution is -2.11. The number of nitro groups is 1. The Hall–Kier alpha value is -3.36. The SMILES string of the molecule is C=C(F)C(=O)Nc1ccc(Oc2ncc(C)cc2[N+](=O)[O-])nc1. The Kier molecular flexibility index (Phi) is 4.60. The first-order valence-electron chi connectivity index (χ1n) is 6.27. The van der Waals surface area contributed by atoms with Gasteiger partial charge in [-0.2, -0.15) is 0 Å². The van der Waals surface area contributed by atoms with Crippen LogP contribution in [0, 0.1) is 17.0 Å². The Balaban J connectivity index is 2.17. The molecule has 0 saturated heterocycles. The molecule has 8 nitrogen and oxygen atoms in total. The molecule has 0 bridgehead atoms. The summed E-state index contributed by atoms with van der Waals surface area (Å²) >= 11 is 0. The van der Waals surface area contributed by atoms with Crippen LogP contribution < -0.4 is 10.1 Å². The molecule has 0 aromatic carbocycles. The third kappa shape index (κ3) is 4.06. The van der Waals surface area contributed by atoms with Crippen LogP contribution in [-0.2, 0) is 4.79 Å². The summed E-state index contributed by atoms with van der Waals surface area (Å²) in [5.41, 5.74) is 0.534. The largest absolute Gasteiger partial charge is 0.415 e. The third-order valence-electron chi connectivity index (χ3n) is 2.61. The van der Waals surface area contributed by atoms with Gasteiger partial charge >= 0.3 is 11.6 Å². The van der Waals surface area contributed by atoms with Gasteiger partial charge in [-0.3, -0.25) is 14.9 Å². The van der Waals surface area contributed by atoms with Gasteiger partial charge in [-0.15, -0.1) is 0 Å². The number of nitrogens with one attached hydrogen (secondary N) is 1. The molecule has 0 aliphatic heterocycles. The Bertz CT molecular complexity index is 777. The van der Waals surface area contributed by atoms with E-state index >= 15 is 0 Å². The summed E-state index contributed by atoms with van der Waals surface area (Å²) in [6.07, 6.45) is 2.62. The predicted octanol–water partition coefficient (Wildman–Crippen LogP) is 2.91. The van der Waals surface area contributed by atoms with Gasteiger partial charge in [0.2, 0.25) is 5.88 Å². The van der Waals surface area contributed by atoms with Gasteiger partial charge in [-0.05, 0) is 18.6 Å². The first kappa shape index (κ1) is 16.0. The highest BCUT2D eigenvalue weighted by Crippen LogP contribution is 2.28. The van der Waals surface area contributed by atoms with Gasteiger partial charge in [0.05, 0.1) is 16.8 Å². The lowest BCUT2D eigenvalue weighted by Gasteiger charge is -2.06. The number of amides is 1. The van der Waals surface area contributed by atoms with E-state index in [1.54, 1.807) is 6.92 Å². The third-order valence-corrected chi connectivity index (χ3v) is 2.61. The van der Waals surface area contributed by atoms with Crippen LogP contribution in [0.1, 0.15) is 5.56 Å². The maximum Gasteiger partial charge on any atom is 0.331 e. The van der Waals surface area contributed by atoms with Crippen molar-refractivity contribution < 1.29 is 18.8 Å². The van der Waals surface area contributed by atoms with E-state index < -0.39 is 16.7 Å². The quantitative estimate of drug-likeness (QED) is 0.516. The van der Waals surface area contributed by atoms with Crippen molar-refractivity contribution >= 4 is 17.3 Å². The predicted molar refractivity (Wildman–Crippen MR) is 78.8 cm³/mol. The highest BCUT2D eigenvalue weighted by atomic mass is 19.1. The molecule has 0 aliphatic rings. The van der Waals surface area contributed by atoms with E-state index in [1.807, 2.05) is 0 Å². The van der Waals surface area contributed by atoms with Crippen LogP contribution in [-0.4, -0.2) is 20.8 Å². The van der Waals surface area contributed by atoms with Crippen molar-refractivity contribution in [2.75, 3.05) is 5.32 Å². The topological polar surface area (TPSA) is 107 Å². The number of hydrogen-bond donors (Lipinski definition) is 1. The van der Waals surface area contributed by atoms with Crippen molar-refractivity contribution in [2.24, 2.45) is 0 Å². The molecule has 2 rings (SSSR count). The second-order valence-electron chi connectivity index (χ2n) is 4.44. The summed E-state index contributed by atoms with van der Waals surface area (Å²) in [7, 11) is 0. The van der Waals surface area contributed by atoms with E-state index in [0.29, 0.717) is 5.56 Å². The van der Waals surface area contributed by atoms with Gasteiger partial charge in [0.25, 0.3) is 5.91 Å². The molecule has 9 heteroatoms. The summed E-state index contributed by atoms with van der Waals surface area (Å²) < 4.78 is 17.8. The number of nitrogens with zero attached hydrogens (tertiary/aromatic N) is 3. The van der Waals surface area contributed by atoms with Crippen molar-refractivity contribution in [2.45, 2.75) is 6.92 Å². The van der Waals surface area contributed by atoms with E-state index in [4.69, 9.17) is 4.74 Å². The van der Waals surface area contributed by atoms with Gasteiger partial charge in [-0.25, -0.2) is 14.4 Å². The van der Waals surface area contributed by atoms with Crippen molar-refractivity contribution in [3.63, 3.8) is 0 Å². The molecule has 2 aromatic rings. The summed E-state index contributed by atoms with van der Waals surface area (Å²) in [5.74, 6) is -2.30. The minimum Gasteiger partial charge on any atom is -0.415 e. The molecule has 0 saturated carbocycles. The molecule has 1 amide bonds. The molecule has 2 aromatic heterocycles. The Morgan fingerprint density at radius 1 is 1.39 bits per heavy atom. The standard InChI is InChI=1S/C14H11FN4O4/c1-8-5-11(19(21)22)14(17-6-8)23-12-4-3-10(7-16-12)18-13(20)9(2)15/h3-7H,2H2,1H3,(H,18,20). The van der Waals surface area contributed by atoms with Crippen LogP contribution in [0.4, 0.5) is 15.8 Å². The van der Waals surface area contributed by atoms with E-state index in [9.17, 15) is 19.3 Å². The number of ether oxygens (including phenoxy) is 1. The fraction of sp³-hybridized carbons (Fsp3) is 0.0714. The Morgan fingerprint density at radius 3 is 2.70 bits per heavy atom. The van der Waals surface area contributed by atoms with Crippen LogP contribution in [0.3, 0.4) is 0 Å². The highest BCUT2D eigenvalue weighted by Gasteiger charge is 2.18. The number of rotatable bonds is 5. The molecule has 0 spiro atoms. The molecule has 2 heterocycles. The van der Waals surface area contributed by atoms with Crippen molar-refractivity contribution in [1.29, 1.82) is 0 Å². The molecule has 0 aliphatic carbocycles. The van der Waals surface area contributed by atoms with Crippen LogP contribution in [0.25, 0.3) is 0 Å². The van der Waals surface area contributed by atoms with Crippen LogP contribution in [0.5, 0.6) is 11.8 Å². The number of aryl methyl sites for hydroxylation is 1. The molecule has 118 valence electrons. The number of carbonyl (C=O) groups excluding carboxylic acids is 1. The zero-order chi connectivity index (χ0) is 17.0. The minimum absolute atomic E-state index is 0.0292. The van der Waals surface area contributed by atoms with Gasteiger partial charge in [0.15, 0.2) is 5.83 Å². The number of aromatic nitrogens is 2. The van der Waals surface area contributed by atoms with Gasteiger partial charge in [0.1, 0.15) is 0 Å². The molecule has 0 atom stereocenters. The number of carbonyl (C=O) groups is 1. The minimum atomic E-state index is -1.13. The lowest BCUT2D eigenvalue weighted by molar-refractivity contribution is -0.386. The van der Waals surface area contributed by atoms with Gasteiger partial charge in [0, 0.05) is 18.3 Å². The lowest BCUT2D eigenvalue weighted by atomic mass is 10.3. The molecule has 0 radical (unpaired) electrons. The van der Waals surface area contributed by atoms with Crippen molar-refractivity contribution in [3.8, 4) is 11.8 Å². The Morgan fingerprint density at radius 2 is 2.13 bits per heavy atom. The summed E-state index contributed by atoms with van der Waals surface area (Å²) in [5, 5.41) is 13.2. The number of anilines is 1. The molecule has 0 fully saturated rings. The molecule has 23 heavy (non-hydrogen) atoms.